The Morgan fingerprint density at radius 3 is 2.06 bits per heavy atom. The topological polar surface area (TPSA) is 0 Å². The summed E-state index contributed by atoms with van der Waals surface area (Å²) >= 11 is 0. The van der Waals surface area contributed by atoms with Crippen molar-refractivity contribution in [3.8, 4) is 0 Å². The number of rotatable bonds is 8. The second-order valence-corrected chi connectivity index (χ2v) is 6.62. The zero-order valence-electron chi connectivity index (χ0n) is 13.0. The first-order chi connectivity index (χ1) is 8.06. The standard InChI is InChI=1S/C17H34/c1-7-10-15(9-3)13(5)14(6)17-11-16(17)12(4)8-2/h12-17H,7-11H2,1-6H3. The van der Waals surface area contributed by atoms with Gasteiger partial charge in [0.15, 0.2) is 0 Å². The molecule has 1 rings (SSSR count). The normalized spacial score (nSPS) is 30.7. The first-order valence-electron chi connectivity index (χ1n) is 8.06. The van der Waals surface area contributed by atoms with E-state index in [1.807, 2.05) is 0 Å². The van der Waals surface area contributed by atoms with Gasteiger partial charge in [0.2, 0.25) is 0 Å². The SMILES string of the molecule is CCCC(CC)C(C)C(C)C1CC1C(C)CC. The van der Waals surface area contributed by atoms with E-state index in [2.05, 4.69) is 41.5 Å². The predicted octanol–water partition coefficient (Wildman–Crippen LogP) is 5.77. The summed E-state index contributed by atoms with van der Waals surface area (Å²) in [6, 6.07) is 0. The Morgan fingerprint density at radius 2 is 1.59 bits per heavy atom. The Labute approximate surface area is 110 Å². The average molecular weight is 238 g/mol. The van der Waals surface area contributed by atoms with Gasteiger partial charge in [-0.15, -0.1) is 0 Å². The molecule has 0 aliphatic heterocycles. The van der Waals surface area contributed by atoms with Crippen LogP contribution in [-0.4, -0.2) is 0 Å². The third-order valence-electron chi connectivity index (χ3n) is 5.70. The summed E-state index contributed by atoms with van der Waals surface area (Å²) in [5.74, 6) is 5.90. The second-order valence-electron chi connectivity index (χ2n) is 6.62. The van der Waals surface area contributed by atoms with E-state index in [0.717, 1.165) is 35.5 Å². The maximum absolute atomic E-state index is 2.52. The zero-order chi connectivity index (χ0) is 13.0. The van der Waals surface area contributed by atoms with Crippen molar-refractivity contribution in [2.75, 3.05) is 0 Å². The van der Waals surface area contributed by atoms with Crippen LogP contribution in [0, 0.1) is 35.5 Å². The summed E-state index contributed by atoms with van der Waals surface area (Å²) in [7, 11) is 0. The van der Waals surface area contributed by atoms with Crippen molar-refractivity contribution in [3.05, 3.63) is 0 Å². The van der Waals surface area contributed by atoms with Crippen molar-refractivity contribution in [1.82, 2.24) is 0 Å². The highest BCUT2D eigenvalue weighted by molar-refractivity contribution is 4.94. The lowest BCUT2D eigenvalue weighted by Gasteiger charge is -2.29. The van der Waals surface area contributed by atoms with E-state index in [-0.39, 0.29) is 0 Å². The highest BCUT2D eigenvalue weighted by atomic mass is 14.5. The zero-order valence-corrected chi connectivity index (χ0v) is 13.0. The lowest BCUT2D eigenvalue weighted by atomic mass is 9.77. The van der Waals surface area contributed by atoms with Crippen molar-refractivity contribution in [2.45, 2.75) is 73.6 Å². The number of hydrogen-bond donors (Lipinski definition) is 0. The van der Waals surface area contributed by atoms with Crippen LogP contribution in [-0.2, 0) is 0 Å². The number of hydrogen-bond acceptors (Lipinski definition) is 0. The third kappa shape index (κ3) is 3.73. The molecule has 0 N–H and O–H groups in total. The van der Waals surface area contributed by atoms with Crippen molar-refractivity contribution in [2.24, 2.45) is 35.5 Å². The molecule has 1 aliphatic carbocycles. The van der Waals surface area contributed by atoms with Crippen LogP contribution in [0.4, 0.5) is 0 Å². The summed E-state index contributed by atoms with van der Waals surface area (Å²) in [6.45, 7) is 14.5. The molecule has 0 spiro atoms. The van der Waals surface area contributed by atoms with Gasteiger partial charge in [-0.2, -0.15) is 0 Å². The lowest BCUT2D eigenvalue weighted by molar-refractivity contribution is 0.207. The van der Waals surface area contributed by atoms with Gasteiger partial charge < -0.3 is 0 Å². The quantitative estimate of drug-likeness (QED) is 0.504. The molecule has 0 saturated heterocycles. The Kier molecular flexibility index (Phi) is 6.03. The van der Waals surface area contributed by atoms with Crippen LogP contribution >= 0.6 is 0 Å². The third-order valence-corrected chi connectivity index (χ3v) is 5.70. The molecule has 0 nitrogen and oxygen atoms in total. The molecule has 6 atom stereocenters. The van der Waals surface area contributed by atoms with Crippen molar-refractivity contribution in [3.63, 3.8) is 0 Å². The first-order valence-corrected chi connectivity index (χ1v) is 8.06. The Balaban J connectivity index is 2.45. The molecule has 0 aromatic rings. The monoisotopic (exact) mass is 238 g/mol. The van der Waals surface area contributed by atoms with Gasteiger partial charge in [0.1, 0.15) is 0 Å². The minimum atomic E-state index is 0.930. The van der Waals surface area contributed by atoms with Crippen molar-refractivity contribution in [1.29, 1.82) is 0 Å². The molecule has 0 heterocycles. The minimum absolute atomic E-state index is 0.930. The van der Waals surface area contributed by atoms with Gasteiger partial charge in [0.25, 0.3) is 0 Å². The Bertz CT molecular complexity index is 208. The van der Waals surface area contributed by atoms with Gasteiger partial charge in [0, 0.05) is 0 Å². The maximum atomic E-state index is 2.52. The van der Waals surface area contributed by atoms with Crippen molar-refractivity contribution >= 4 is 0 Å². The van der Waals surface area contributed by atoms with Gasteiger partial charge >= 0.3 is 0 Å². The molecular weight excluding hydrogens is 204 g/mol. The molecule has 0 heteroatoms. The fraction of sp³-hybridized carbons (Fsp3) is 1.00. The molecule has 6 unspecified atom stereocenters. The second kappa shape index (κ2) is 6.81. The van der Waals surface area contributed by atoms with Gasteiger partial charge in [0.05, 0.1) is 0 Å². The summed E-state index contributed by atoms with van der Waals surface area (Å²) in [6.07, 6.45) is 7.05. The molecule has 17 heavy (non-hydrogen) atoms. The Hall–Kier alpha value is 0. The van der Waals surface area contributed by atoms with E-state index in [1.165, 1.54) is 32.1 Å². The molecule has 0 bridgehead atoms. The predicted molar refractivity (Wildman–Crippen MR) is 78.1 cm³/mol. The molecule has 102 valence electrons. The van der Waals surface area contributed by atoms with Gasteiger partial charge in [-0.05, 0) is 41.9 Å². The highest BCUT2D eigenvalue weighted by Gasteiger charge is 2.45. The van der Waals surface area contributed by atoms with Crippen LogP contribution in [0.2, 0.25) is 0 Å². The van der Waals surface area contributed by atoms with E-state index in [9.17, 15) is 0 Å². The first kappa shape index (κ1) is 15.1. The van der Waals surface area contributed by atoms with Crippen LogP contribution in [0.5, 0.6) is 0 Å². The minimum Gasteiger partial charge on any atom is -0.0654 e. The summed E-state index contributed by atoms with van der Waals surface area (Å²) in [4.78, 5) is 0. The van der Waals surface area contributed by atoms with E-state index >= 15 is 0 Å². The van der Waals surface area contributed by atoms with E-state index in [1.54, 1.807) is 0 Å². The molecule has 1 aliphatic rings. The lowest BCUT2D eigenvalue weighted by Crippen LogP contribution is -2.21. The average Bonchev–Trinajstić information content (AvgIpc) is 3.13. The Morgan fingerprint density at radius 1 is 0.941 bits per heavy atom. The maximum Gasteiger partial charge on any atom is -0.0352 e. The van der Waals surface area contributed by atoms with E-state index < -0.39 is 0 Å². The molecule has 1 saturated carbocycles. The fourth-order valence-electron chi connectivity index (χ4n) is 3.83. The molecule has 0 aromatic heterocycles. The van der Waals surface area contributed by atoms with Crippen LogP contribution in [0.25, 0.3) is 0 Å². The molecule has 1 fully saturated rings. The van der Waals surface area contributed by atoms with Crippen molar-refractivity contribution < 1.29 is 0 Å². The van der Waals surface area contributed by atoms with Crippen LogP contribution < -0.4 is 0 Å². The molecular formula is C17H34. The van der Waals surface area contributed by atoms with Crippen LogP contribution in [0.15, 0.2) is 0 Å². The summed E-state index contributed by atoms with van der Waals surface area (Å²) < 4.78 is 0. The van der Waals surface area contributed by atoms with Gasteiger partial charge in [-0.1, -0.05) is 67.2 Å². The fourth-order valence-corrected chi connectivity index (χ4v) is 3.83. The summed E-state index contributed by atoms with van der Waals surface area (Å²) in [5.41, 5.74) is 0. The smallest absolute Gasteiger partial charge is 0.0352 e. The highest BCUT2D eigenvalue weighted by Crippen LogP contribution is 2.53. The van der Waals surface area contributed by atoms with Gasteiger partial charge in [-0.3, -0.25) is 0 Å². The van der Waals surface area contributed by atoms with E-state index in [0.29, 0.717) is 0 Å². The van der Waals surface area contributed by atoms with Gasteiger partial charge in [-0.25, -0.2) is 0 Å². The van der Waals surface area contributed by atoms with Crippen LogP contribution in [0.1, 0.15) is 73.6 Å². The largest absolute Gasteiger partial charge is 0.0654 e. The summed E-state index contributed by atoms with van der Waals surface area (Å²) in [5, 5.41) is 0. The molecule has 0 radical (unpaired) electrons. The molecule has 0 amide bonds. The van der Waals surface area contributed by atoms with E-state index in [4.69, 9.17) is 0 Å². The molecule has 0 aromatic carbocycles. The van der Waals surface area contributed by atoms with Crippen LogP contribution in [0.3, 0.4) is 0 Å².